The lowest BCUT2D eigenvalue weighted by atomic mass is 10.1. The van der Waals surface area contributed by atoms with Crippen molar-refractivity contribution >= 4 is 50.8 Å². The van der Waals surface area contributed by atoms with Gasteiger partial charge in [-0.15, -0.1) is 0 Å². The quantitative estimate of drug-likeness (QED) is 0.670. The Bertz CT molecular complexity index is 1080. The largest absolute Gasteiger partial charge is 0.465 e. The summed E-state index contributed by atoms with van der Waals surface area (Å²) < 4.78 is 37.0. The second kappa shape index (κ2) is 9.32. The zero-order valence-corrected chi connectivity index (χ0v) is 18.2. The number of anilines is 1. The average Bonchev–Trinajstić information content (AvgIpc) is 2.75. The lowest BCUT2D eigenvalue weighted by molar-refractivity contribution is 0.0600. The van der Waals surface area contributed by atoms with E-state index in [2.05, 4.69) is 10.1 Å². The number of sulfonamides is 1. The molecule has 0 unspecified atom stereocenters. The van der Waals surface area contributed by atoms with E-state index < -0.39 is 21.9 Å². The van der Waals surface area contributed by atoms with Crippen LogP contribution in [-0.4, -0.2) is 58.0 Å². The van der Waals surface area contributed by atoms with Crippen molar-refractivity contribution in [3.8, 4) is 0 Å². The maximum absolute atomic E-state index is 12.9. The van der Waals surface area contributed by atoms with Crippen LogP contribution in [0.5, 0.6) is 0 Å². The van der Waals surface area contributed by atoms with Crippen LogP contribution >= 0.6 is 23.2 Å². The topological polar surface area (TPSA) is 102 Å². The Morgan fingerprint density at radius 2 is 1.67 bits per heavy atom. The summed E-state index contributed by atoms with van der Waals surface area (Å²) in [6.07, 6.45) is 0. The number of nitrogens with one attached hydrogen (secondary N) is 1. The van der Waals surface area contributed by atoms with Crippen molar-refractivity contribution in [2.75, 3.05) is 38.7 Å². The Morgan fingerprint density at radius 3 is 2.33 bits per heavy atom. The SMILES string of the molecule is COC(=O)c1ccc(Cl)c(NC(=O)c2ccc(Cl)c(S(=O)(=O)N3CCOCC3)c2)c1. The van der Waals surface area contributed by atoms with Crippen LogP contribution in [-0.2, 0) is 19.5 Å². The Balaban J connectivity index is 1.89. The fourth-order valence-corrected chi connectivity index (χ4v) is 4.90. The summed E-state index contributed by atoms with van der Waals surface area (Å²) in [7, 11) is -2.66. The summed E-state index contributed by atoms with van der Waals surface area (Å²) in [5.41, 5.74) is 0.437. The predicted octanol–water partition coefficient (Wildman–Crippen LogP) is 3.05. The fraction of sp³-hybridized carbons (Fsp3) is 0.263. The van der Waals surface area contributed by atoms with Gasteiger partial charge in [-0.3, -0.25) is 4.79 Å². The highest BCUT2D eigenvalue weighted by molar-refractivity contribution is 7.89. The molecule has 3 rings (SSSR count). The van der Waals surface area contributed by atoms with Crippen LogP contribution in [0.25, 0.3) is 0 Å². The first-order chi connectivity index (χ1) is 14.2. The summed E-state index contributed by atoms with van der Waals surface area (Å²) in [5, 5.41) is 2.78. The molecule has 0 spiro atoms. The van der Waals surface area contributed by atoms with E-state index >= 15 is 0 Å². The molecule has 1 aliphatic heterocycles. The van der Waals surface area contributed by atoms with Gasteiger partial charge < -0.3 is 14.8 Å². The molecule has 30 heavy (non-hydrogen) atoms. The van der Waals surface area contributed by atoms with Crippen LogP contribution < -0.4 is 5.32 Å². The Kier molecular flexibility index (Phi) is 6.99. The van der Waals surface area contributed by atoms with Crippen molar-refractivity contribution in [3.05, 3.63) is 57.6 Å². The van der Waals surface area contributed by atoms with E-state index in [9.17, 15) is 18.0 Å². The summed E-state index contributed by atoms with van der Waals surface area (Å²) in [6.45, 7) is 0.966. The summed E-state index contributed by atoms with van der Waals surface area (Å²) in [4.78, 5) is 24.3. The van der Waals surface area contributed by atoms with Gasteiger partial charge in [0.05, 0.1) is 41.6 Å². The minimum Gasteiger partial charge on any atom is -0.465 e. The molecule has 0 aliphatic carbocycles. The number of carbonyl (C=O) groups is 2. The molecule has 0 aromatic heterocycles. The van der Waals surface area contributed by atoms with Crippen molar-refractivity contribution in [1.29, 1.82) is 0 Å². The van der Waals surface area contributed by atoms with E-state index in [0.29, 0.717) is 0 Å². The van der Waals surface area contributed by atoms with E-state index in [0.717, 1.165) is 0 Å². The molecule has 8 nitrogen and oxygen atoms in total. The van der Waals surface area contributed by atoms with E-state index in [1.54, 1.807) is 0 Å². The van der Waals surface area contributed by atoms with Gasteiger partial charge >= 0.3 is 5.97 Å². The molecule has 2 aromatic rings. The number of morpholine rings is 1. The highest BCUT2D eigenvalue weighted by Crippen LogP contribution is 2.28. The van der Waals surface area contributed by atoms with Crippen molar-refractivity contribution in [3.63, 3.8) is 0 Å². The fourth-order valence-electron chi connectivity index (χ4n) is 2.83. The van der Waals surface area contributed by atoms with Gasteiger partial charge in [0.1, 0.15) is 4.90 Å². The normalized spacial score (nSPS) is 14.9. The van der Waals surface area contributed by atoms with Crippen molar-refractivity contribution in [1.82, 2.24) is 4.31 Å². The van der Waals surface area contributed by atoms with E-state index in [-0.39, 0.29) is 58.1 Å². The lowest BCUT2D eigenvalue weighted by Gasteiger charge is -2.26. The van der Waals surface area contributed by atoms with Crippen LogP contribution in [0.3, 0.4) is 0 Å². The molecular weight excluding hydrogens is 455 g/mol. The second-order valence-electron chi connectivity index (χ2n) is 6.30. The molecule has 2 aromatic carbocycles. The standard InChI is InChI=1S/C19H18Cl2N2O6S/c1-28-19(25)13-3-4-14(20)16(10-13)22-18(24)12-2-5-15(21)17(11-12)30(26,27)23-6-8-29-9-7-23/h2-5,10-11H,6-9H2,1H3,(H,22,24). The molecule has 1 aliphatic rings. The third-order valence-corrected chi connectivity index (χ3v) is 7.13. The summed E-state index contributed by atoms with van der Waals surface area (Å²) in [6, 6.07) is 8.22. The monoisotopic (exact) mass is 472 g/mol. The molecular formula is C19H18Cl2N2O6S. The van der Waals surface area contributed by atoms with E-state index in [4.69, 9.17) is 27.9 Å². The van der Waals surface area contributed by atoms with Gasteiger partial charge in [-0.25, -0.2) is 13.2 Å². The zero-order valence-electron chi connectivity index (χ0n) is 15.9. The lowest BCUT2D eigenvalue weighted by Crippen LogP contribution is -2.40. The molecule has 1 N–H and O–H groups in total. The molecule has 0 radical (unpaired) electrons. The average molecular weight is 473 g/mol. The van der Waals surface area contributed by atoms with Gasteiger partial charge in [-0.2, -0.15) is 4.31 Å². The van der Waals surface area contributed by atoms with Crippen molar-refractivity contribution in [2.45, 2.75) is 4.90 Å². The number of benzene rings is 2. The molecule has 1 saturated heterocycles. The summed E-state index contributed by atoms with van der Waals surface area (Å²) >= 11 is 12.2. The van der Waals surface area contributed by atoms with Crippen LogP contribution in [0.1, 0.15) is 20.7 Å². The maximum Gasteiger partial charge on any atom is 0.337 e. The third kappa shape index (κ3) is 4.76. The molecule has 1 amide bonds. The van der Waals surface area contributed by atoms with Gasteiger partial charge in [0.2, 0.25) is 10.0 Å². The van der Waals surface area contributed by atoms with Crippen molar-refractivity contribution in [2.24, 2.45) is 0 Å². The number of nitrogens with zero attached hydrogens (tertiary/aromatic N) is 1. The molecule has 11 heteroatoms. The Hall–Kier alpha value is -2.17. The van der Waals surface area contributed by atoms with Gasteiger partial charge in [0.15, 0.2) is 0 Å². The van der Waals surface area contributed by atoms with Gasteiger partial charge in [-0.1, -0.05) is 23.2 Å². The van der Waals surface area contributed by atoms with Crippen molar-refractivity contribution < 1.29 is 27.5 Å². The first kappa shape index (κ1) is 22.5. The second-order valence-corrected chi connectivity index (χ2v) is 9.02. The first-order valence-corrected chi connectivity index (χ1v) is 11.0. The maximum atomic E-state index is 12.9. The number of amides is 1. The molecule has 160 valence electrons. The zero-order chi connectivity index (χ0) is 21.9. The number of rotatable bonds is 5. The Morgan fingerprint density at radius 1 is 1.03 bits per heavy atom. The third-order valence-electron chi connectivity index (χ3n) is 4.42. The van der Waals surface area contributed by atoms with E-state index in [1.165, 1.54) is 47.8 Å². The number of esters is 1. The molecule has 0 atom stereocenters. The smallest absolute Gasteiger partial charge is 0.337 e. The Labute approximate surface area is 183 Å². The number of carbonyl (C=O) groups excluding carboxylic acids is 2. The highest BCUT2D eigenvalue weighted by Gasteiger charge is 2.29. The number of hydrogen-bond donors (Lipinski definition) is 1. The van der Waals surface area contributed by atoms with Crippen LogP contribution in [0.15, 0.2) is 41.3 Å². The molecule has 1 heterocycles. The van der Waals surface area contributed by atoms with E-state index in [1.807, 2.05) is 0 Å². The van der Waals surface area contributed by atoms with Gasteiger partial charge in [0.25, 0.3) is 5.91 Å². The predicted molar refractivity (Wildman–Crippen MR) is 112 cm³/mol. The highest BCUT2D eigenvalue weighted by atomic mass is 35.5. The van der Waals surface area contributed by atoms with Crippen LogP contribution in [0.4, 0.5) is 5.69 Å². The molecule has 0 bridgehead atoms. The van der Waals surface area contributed by atoms with Gasteiger partial charge in [0, 0.05) is 18.7 Å². The minimum absolute atomic E-state index is 0.00348. The first-order valence-electron chi connectivity index (χ1n) is 8.80. The number of hydrogen-bond acceptors (Lipinski definition) is 6. The summed E-state index contributed by atoms with van der Waals surface area (Å²) in [5.74, 6) is -1.21. The number of ether oxygens (including phenoxy) is 2. The van der Waals surface area contributed by atoms with Crippen LogP contribution in [0.2, 0.25) is 10.0 Å². The molecule has 0 saturated carbocycles. The number of methoxy groups -OCH3 is 1. The minimum atomic E-state index is -3.90. The molecule has 1 fully saturated rings. The number of halogens is 2. The van der Waals surface area contributed by atoms with Crippen LogP contribution in [0, 0.1) is 0 Å². The van der Waals surface area contributed by atoms with Gasteiger partial charge in [-0.05, 0) is 36.4 Å².